The van der Waals surface area contributed by atoms with Gasteiger partial charge in [0.15, 0.2) is 0 Å². The quantitative estimate of drug-likeness (QED) is 0.375. The smallest absolute Gasteiger partial charge is 0.104 e. The first-order chi connectivity index (χ1) is 9.36. The van der Waals surface area contributed by atoms with Gasteiger partial charge in [0.1, 0.15) is 12.2 Å². The van der Waals surface area contributed by atoms with E-state index >= 15 is 0 Å². The summed E-state index contributed by atoms with van der Waals surface area (Å²) in [7, 11) is 0. The van der Waals surface area contributed by atoms with E-state index in [-0.39, 0.29) is 13.2 Å². The summed E-state index contributed by atoms with van der Waals surface area (Å²) in [6.07, 6.45) is 4.61. The van der Waals surface area contributed by atoms with Crippen LogP contribution in [0.15, 0.2) is 13.2 Å². The minimum atomic E-state index is 0.283. The lowest BCUT2D eigenvalue weighted by molar-refractivity contribution is 0.102. The van der Waals surface area contributed by atoms with Crippen molar-refractivity contribution in [1.29, 1.82) is 0 Å². The van der Waals surface area contributed by atoms with Crippen LogP contribution < -0.4 is 0 Å². The second-order valence-corrected chi connectivity index (χ2v) is 4.31. The van der Waals surface area contributed by atoms with Gasteiger partial charge in [-0.25, -0.2) is 0 Å². The zero-order chi connectivity index (χ0) is 14.3. The number of ether oxygens (including phenoxy) is 3. The molecule has 2 fully saturated rings. The molecule has 0 amide bonds. The minimum absolute atomic E-state index is 0.283. The molecule has 5 heteroatoms. The van der Waals surface area contributed by atoms with E-state index in [1.54, 1.807) is 0 Å². The molecular formula is C14H28O5. The first-order valence-corrected chi connectivity index (χ1v) is 6.89. The van der Waals surface area contributed by atoms with Gasteiger partial charge in [-0.15, -0.1) is 13.2 Å². The Bertz CT molecular complexity index is 163. The van der Waals surface area contributed by atoms with E-state index in [1.165, 1.54) is 0 Å². The summed E-state index contributed by atoms with van der Waals surface area (Å²) in [5, 5.41) is 16.6. The molecule has 0 bridgehead atoms. The van der Waals surface area contributed by atoms with E-state index < -0.39 is 0 Å². The molecule has 114 valence electrons. The SMILES string of the molecule is C(OCC1CO1)C1CO1.C=C.OCCCCCCO. The standard InChI is InChI=1S/C6H10O3.C6H14O2.C2H4/c1(5-3-8-5)7-2-6-4-9-6;7-5-3-1-2-4-6-8;1-2/h5-6H,1-4H2;7-8H,1-6H2;1-2H2. The normalized spacial score (nSPS) is 22.6. The highest BCUT2D eigenvalue weighted by Crippen LogP contribution is 2.12. The number of aliphatic hydroxyl groups is 2. The second-order valence-electron chi connectivity index (χ2n) is 4.31. The van der Waals surface area contributed by atoms with Crippen LogP contribution in [-0.2, 0) is 14.2 Å². The van der Waals surface area contributed by atoms with Gasteiger partial charge in [0, 0.05) is 13.2 Å². The van der Waals surface area contributed by atoms with Crippen molar-refractivity contribution in [3.63, 3.8) is 0 Å². The zero-order valence-corrected chi connectivity index (χ0v) is 11.8. The number of aliphatic hydroxyl groups excluding tert-OH is 2. The predicted molar refractivity (Wildman–Crippen MR) is 74.2 cm³/mol. The van der Waals surface area contributed by atoms with Crippen LogP contribution in [0.25, 0.3) is 0 Å². The summed E-state index contributed by atoms with van der Waals surface area (Å²) in [6.45, 7) is 9.83. The Labute approximate surface area is 116 Å². The van der Waals surface area contributed by atoms with Gasteiger partial charge in [0.05, 0.1) is 26.4 Å². The molecule has 19 heavy (non-hydrogen) atoms. The maximum Gasteiger partial charge on any atom is 0.104 e. The summed E-state index contributed by atoms with van der Waals surface area (Å²) in [6, 6.07) is 0. The topological polar surface area (TPSA) is 74.8 Å². The van der Waals surface area contributed by atoms with Gasteiger partial charge in [0.25, 0.3) is 0 Å². The molecule has 2 rings (SSSR count). The zero-order valence-electron chi connectivity index (χ0n) is 11.8. The average Bonchev–Trinajstić information content (AvgIpc) is 3.32. The van der Waals surface area contributed by atoms with Crippen LogP contribution in [0.4, 0.5) is 0 Å². The number of hydrogen-bond donors (Lipinski definition) is 2. The number of unbranched alkanes of at least 4 members (excludes halogenated alkanes) is 3. The molecule has 0 radical (unpaired) electrons. The molecule has 0 aromatic carbocycles. The van der Waals surface area contributed by atoms with Crippen molar-refractivity contribution in [2.75, 3.05) is 39.6 Å². The third-order valence-electron chi connectivity index (χ3n) is 2.48. The Balaban J connectivity index is 0.000000305. The first kappa shape index (κ1) is 18.5. The van der Waals surface area contributed by atoms with Crippen LogP contribution in [0.3, 0.4) is 0 Å². The molecule has 0 aliphatic carbocycles. The van der Waals surface area contributed by atoms with Crippen molar-refractivity contribution < 1.29 is 24.4 Å². The Hall–Kier alpha value is -0.460. The summed E-state index contributed by atoms with van der Waals surface area (Å²) < 4.78 is 15.1. The molecule has 0 spiro atoms. The highest BCUT2D eigenvalue weighted by atomic mass is 16.6. The van der Waals surface area contributed by atoms with Gasteiger partial charge in [-0.05, 0) is 12.8 Å². The number of rotatable bonds is 9. The fraction of sp³-hybridized carbons (Fsp3) is 0.857. The third kappa shape index (κ3) is 15.5. The maximum atomic E-state index is 8.30. The molecule has 0 aromatic rings. The van der Waals surface area contributed by atoms with Crippen LogP contribution in [0, 0.1) is 0 Å². The lowest BCUT2D eigenvalue weighted by Crippen LogP contribution is -2.06. The van der Waals surface area contributed by atoms with Gasteiger partial charge < -0.3 is 24.4 Å². The third-order valence-corrected chi connectivity index (χ3v) is 2.48. The van der Waals surface area contributed by atoms with Crippen molar-refractivity contribution in [1.82, 2.24) is 0 Å². The molecule has 2 unspecified atom stereocenters. The Morgan fingerprint density at radius 1 is 0.842 bits per heavy atom. The fourth-order valence-electron chi connectivity index (χ4n) is 1.24. The summed E-state index contributed by atoms with van der Waals surface area (Å²) in [4.78, 5) is 0. The lowest BCUT2D eigenvalue weighted by atomic mass is 10.2. The molecule has 0 aromatic heterocycles. The lowest BCUT2D eigenvalue weighted by Gasteiger charge is -1.95. The van der Waals surface area contributed by atoms with E-state index in [1.807, 2.05) is 0 Å². The molecule has 2 N–H and O–H groups in total. The fourth-order valence-corrected chi connectivity index (χ4v) is 1.24. The minimum Gasteiger partial charge on any atom is -0.396 e. The molecule has 0 saturated carbocycles. The molecular weight excluding hydrogens is 248 g/mol. The van der Waals surface area contributed by atoms with E-state index in [2.05, 4.69) is 13.2 Å². The van der Waals surface area contributed by atoms with Gasteiger partial charge >= 0.3 is 0 Å². The van der Waals surface area contributed by atoms with Crippen LogP contribution in [-0.4, -0.2) is 62.1 Å². The average molecular weight is 276 g/mol. The highest BCUT2D eigenvalue weighted by molar-refractivity contribution is 4.71. The number of hydrogen-bond acceptors (Lipinski definition) is 5. The van der Waals surface area contributed by atoms with Crippen LogP contribution in [0.5, 0.6) is 0 Å². The van der Waals surface area contributed by atoms with Crippen molar-refractivity contribution in [3.8, 4) is 0 Å². The maximum absolute atomic E-state index is 8.30. The van der Waals surface area contributed by atoms with E-state index in [0.717, 1.165) is 52.1 Å². The summed E-state index contributed by atoms with van der Waals surface area (Å²) in [5.41, 5.74) is 0. The van der Waals surface area contributed by atoms with E-state index in [9.17, 15) is 0 Å². The Kier molecular flexibility index (Phi) is 13.6. The van der Waals surface area contributed by atoms with Gasteiger partial charge in [0.2, 0.25) is 0 Å². The van der Waals surface area contributed by atoms with Crippen molar-refractivity contribution in [2.45, 2.75) is 37.9 Å². The van der Waals surface area contributed by atoms with Crippen LogP contribution >= 0.6 is 0 Å². The van der Waals surface area contributed by atoms with Gasteiger partial charge in [-0.1, -0.05) is 12.8 Å². The van der Waals surface area contributed by atoms with Gasteiger partial charge in [-0.3, -0.25) is 0 Å². The first-order valence-electron chi connectivity index (χ1n) is 6.89. The Morgan fingerprint density at radius 2 is 1.21 bits per heavy atom. The van der Waals surface area contributed by atoms with Crippen LogP contribution in [0.2, 0.25) is 0 Å². The molecule has 5 nitrogen and oxygen atoms in total. The van der Waals surface area contributed by atoms with Crippen molar-refractivity contribution in [3.05, 3.63) is 13.2 Å². The van der Waals surface area contributed by atoms with E-state index in [4.69, 9.17) is 24.4 Å². The molecule has 2 aliphatic heterocycles. The summed E-state index contributed by atoms with van der Waals surface area (Å²) in [5.74, 6) is 0. The second kappa shape index (κ2) is 14.0. The highest BCUT2D eigenvalue weighted by Gasteiger charge is 2.26. The van der Waals surface area contributed by atoms with Gasteiger partial charge in [-0.2, -0.15) is 0 Å². The summed E-state index contributed by atoms with van der Waals surface area (Å²) >= 11 is 0. The molecule has 2 atom stereocenters. The number of epoxide rings is 2. The van der Waals surface area contributed by atoms with Crippen LogP contribution in [0.1, 0.15) is 25.7 Å². The molecule has 2 heterocycles. The molecule has 2 aliphatic rings. The van der Waals surface area contributed by atoms with Crippen molar-refractivity contribution in [2.24, 2.45) is 0 Å². The van der Waals surface area contributed by atoms with E-state index in [0.29, 0.717) is 12.2 Å². The largest absolute Gasteiger partial charge is 0.396 e. The monoisotopic (exact) mass is 276 g/mol. The Morgan fingerprint density at radius 3 is 1.47 bits per heavy atom. The predicted octanol–water partition coefficient (Wildman–Crippen LogP) is 1.13. The molecule has 2 saturated heterocycles. The van der Waals surface area contributed by atoms with Crippen molar-refractivity contribution >= 4 is 0 Å².